The van der Waals surface area contributed by atoms with E-state index >= 15 is 0 Å². The molecular formula is C29H27N3O4. The van der Waals surface area contributed by atoms with Crippen LogP contribution in [0.2, 0.25) is 0 Å². The van der Waals surface area contributed by atoms with Crippen LogP contribution in [0.5, 0.6) is 5.75 Å². The Morgan fingerprint density at radius 3 is 2.53 bits per heavy atom. The molecule has 7 nitrogen and oxygen atoms in total. The summed E-state index contributed by atoms with van der Waals surface area (Å²) in [5.41, 5.74) is 4.47. The average molecular weight is 482 g/mol. The van der Waals surface area contributed by atoms with Crippen molar-refractivity contribution in [3.63, 3.8) is 0 Å². The first kappa shape index (κ1) is 22.4. The number of methoxy groups -OCH3 is 1. The fraction of sp³-hybridized carbons (Fsp3) is 0.241. The van der Waals surface area contributed by atoms with Gasteiger partial charge in [-0.1, -0.05) is 66.7 Å². The fourth-order valence-electron chi connectivity index (χ4n) is 5.68. The van der Waals surface area contributed by atoms with Crippen LogP contribution in [-0.2, 0) is 16.0 Å². The minimum absolute atomic E-state index is 0.0684. The lowest BCUT2D eigenvalue weighted by Crippen LogP contribution is -2.63. The molecule has 1 aromatic heterocycles. The molecule has 3 atom stereocenters. The highest BCUT2D eigenvalue weighted by atomic mass is 16.5. The summed E-state index contributed by atoms with van der Waals surface area (Å²) in [7, 11) is 1.61. The quantitative estimate of drug-likeness (QED) is 0.456. The number of hydrogen-bond donors (Lipinski definition) is 2. The van der Waals surface area contributed by atoms with Gasteiger partial charge in [-0.2, -0.15) is 0 Å². The molecule has 0 bridgehead atoms. The van der Waals surface area contributed by atoms with Gasteiger partial charge in [0.15, 0.2) is 0 Å². The number of β-amino-alcohol motifs (C(OH)–C–C–N with tert-alkyl or cyclic N) is 1. The number of rotatable bonds is 5. The van der Waals surface area contributed by atoms with E-state index in [0.717, 1.165) is 33.3 Å². The highest BCUT2D eigenvalue weighted by Crippen LogP contribution is 2.44. The number of amides is 2. The molecule has 1 saturated heterocycles. The SMILES string of the molecule is COc1ccccc1C1c2[nH]c3ccccc3c2C[C@H]2C(=O)N(CC(O)c3ccccc3)CC(=O)N12. The van der Waals surface area contributed by atoms with Crippen LogP contribution in [0, 0.1) is 0 Å². The standard InChI is InChI=1S/C29H27N3O4/c1-36-25-14-8-6-12-20(25)28-27-21(19-11-5-7-13-22(19)30-27)15-23-29(35)31(17-26(34)32(23)28)16-24(33)18-9-3-2-4-10-18/h2-14,23-24,28,30,33H,15-17H2,1H3/t23-,24?,28?/m0/s1. The molecule has 0 aliphatic carbocycles. The third-order valence-electron chi connectivity index (χ3n) is 7.35. The number of benzene rings is 3. The first-order chi connectivity index (χ1) is 17.6. The van der Waals surface area contributed by atoms with Gasteiger partial charge in [-0.05, 0) is 23.3 Å². The van der Waals surface area contributed by atoms with Crippen molar-refractivity contribution < 1.29 is 19.4 Å². The molecule has 7 heteroatoms. The summed E-state index contributed by atoms with van der Waals surface area (Å²) >= 11 is 0. The summed E-state index contributed by atoms with van der Waals surface area (Å²) in [6.45, 7) is -0.0145. The Hall–Kier alpha value is -4.10. The molecule has 1 fully saturated rings. The molecule has 2 unspecified atom stereocenters. The summed E-state index contributed by atoms with van der Waals surface area (Å²) in [6.07, 6.45) is -0.459. The minimum Gasteiger partial charge on any atom is -0.496 e. The van der Waals surface area contributed by atoms with E-state index in [1.165, 1.54) is 4.90 Å². The van der Waals surface area contributed by atoms with Gasteiger partial charge >= 0.3 is 0 Å². The molecule has 4 aromatic rings. The number of aromatic amines is 1. The predicted octanol–water partition coefficient (Wildman–Crippen LogP) is 3.60. The van der Waals surface area contributed by atoms with Crippen molar-refractivity contribution in [3.05, 3.63) is 101 Å². The van der Waals surface area contributed by atoms with Gasteiger partial charge in [-0.15, -0.1) is 0 Å². The number of piperazine rings is 1. The largest absolute Gasteiger partial charge is 0.496 e. The maximum atomic E-state index is 13.9. The third kappa shape index (κ3) is 3.55. The highest BCUT2D eigenvalue weighted by molar-refractivity contribution is 5.97. The molecule has 2 aliphatic heterocycles. The lowest BCUT2D eigenvalue weighted by Gasteiger charge is -2.47. The van der Waals surface area contributed by atoms with Crippen molar-refractivity contribution in [2.75, 3.05) is 20.2 Å². The Balaban J connectivity index is 1.43. The van der Waals surface area contributed by atoms with Crippen LogP contribution >= 0.6 is 0 Å². The number of carbonyl (C=O) groups excluding carboxylic acids is 2. The van der Waals surface area contributed by atoms with Gasteiger partial charge in [0.05, 0.1) is 26.3 Å². The molecule has 36 heavy (non-hydrogen) atoms. The van der Waals surface area contributed by atoms with Crippen molar-refractivity contribution in [3.8, 4) is 5.75 Å². The van der Waals surface area contributed by atoms with Crippen LogP contribution in [0.3, 0.4) is 0 Å². The van der Waals surface area contributed by atoms with E-state index in [1.54, 1.807) is 12.0 Å². The molecule has 3 heterocycles. The van der Waals surface area contributed by atoms with E-state index in [4.69, 9.17) is 4.74 Å². The smallest absolute Gasteiger partial charge is 0.246 e. The van der Waals surface area contributed by atoms with Gasteiger partial charge in [0.2, 0.25) is 11.8 Å². The van der Waals surface area contributed by atoms with Gasteiger partial charge in [-0.25, -0.2) is 0 Å². The van der Waals surface area contributed by atoms with Crippen LogP contribution in [-0.4, -0.2) is 57.9 Å². The first-order valence-corrected chi connectivity index (χ1v) is 12.1. The van der Waals surface area contributed by atoms with Crippen molar-refractivity contribution >= 4 is 22.7 Å². The van der Waals surface area contributed by atoms with Crippen molar-refractivity contribution in [2.45, 2.75) is 24.6 Å². The van der Waals surface area contributed by atoms with Gasteiger partial charge in [0, 0.05) is 28.6 Å². The molecule has 6 rings (SSSR count). The van der Waals surface area contributed by atoms with Crippen LogP contribution in [0.1, 0.15) is 34.5 Å². The lowest BCUT2D eigenvalue weighted by molar-refractivity contribution is -0.159. The van der Waals surface area contributed by atoms with Crippen molar-refractivity contribution in [1.82, 2.24) is 14.8 Å². The predicted molar refractivity (Wildman–Crippen MR) is 135 cm³/mol. The summed E-state index contributed by atoms with van der Waals surface area (Å²) in [5, 5.41) is 11.8. The number of aliphatic hydroxyl groups is 1. The molecule has 2 aliphatic rings. The molecule has 0 saturated carbocycles. The molecule has 0 spiro atoms. The minimum atomic E-state index is -0.869. The number of para-hydroxylation sites is 2. The number of hydrogen-bond acceptors (Lipinski definition) is 4. The maximum Gasteiger partial charge on any atom is 0.246 e. The number of nitrogens with zero attached hydrogens (tertiary/aromatic N) is 2. The molecule has 0 radical (unpaired) electrons. The van der Waals surface area contributed by atoms with E-state index in [9.17, 15) is 14.7 Å². The Morgan fingerprint density at radius 1 is 1.00 bits per heavy atom. The number of nitrogens with one attached hydrogen (secondary N) is 1. The second kappa shape index (κ2) is 8.84. The Bertz CT molecular complexity index is 1450. The van der Waals surface area contributed by atoms with Crippen molar-refractivity contribution in [2.24, 2.45) is 0 Å². The summed E-state index contributed by atoms with van der Waals surface area (Å²) < 4.78 is 5.67. The fourth-order valence-corrected chi connectivity index (χ4v) is 5.68. The van der Waals surface area contributed by atoms with E-state index in [1.807, 2.05) is 78.9 Å². The van der Waals surface area contributed by atoms with Crippen LogP contribution in [0.25, 0.3) is 10.9 Å². The van der Waals surface area contributed by atoms with E-state index in [0.29, 0.717) is 12.2 Å². The average Bonchev–Trinajstić information content (AvgIpc) is 3.29. The van der Waals surface area contributed by atoms with Crippen LogP contribution < -0.4 is 4.74 Å². The lowest BCUT2D eigenvalue weighted by atomic mass is 9.85. The molecular weight excluding hydrogens is 454 g/mol. The van der Waals surface area contributed by atoms with E-state index in [2.05, 4.69) is 4.98 Å². The number of fused-ring (bicyclic) bond motifs is 4. The van der Waals surface area contributed by atoms with Gasteiger partial charge in [0.1, 0.15) is 17.8 Å². The highest BCUT2D eigenvalue weighted by Gasteiger charge is 2.49. The second-order valence-corrected chi connectivity index (χ2v) is 9.37. The second-order valence-electron chi connectivity index (χ2n) is 9.37. The third-order valence-corrected chi connectivity index (χ3v) is 7.35. The first-order valence-electron chi connectivity index (χ1n) is 12.1. The zero-order valence-corrected chi connectivity index (χ0v) is 19.9. The van der Waals surface area contributed by atoms with Crippen molar-refractivity contribution in [1.29, 1.82) is 0 Å². The number of aromatic nitrogens is 1. The Kier molecular flexibility index (Phi) is 5.49. The van der Waals surface area contributed by atoms with Gasteiger partial charge in [0.25, 0.3) is 0 Å². The number of H-pyrrole nitrogens is 1. The molecule has 2 amide bonds. The monoisotopic (exact) mass is 481 g/mol. The Labute approximate surface area is 208 Å². The van der Waals surface area contributed by atoms with E-state index < -0.39 is 18.2 Å². The Morgan fingerprint density at radius 2 is 1.72 bits per heavy atom. The zero-order valence-electron chi connectivity index (χ0n) is 19.9. The van der Waals surface area contributed by atoms with Crippen LogP contribution in [0.4, 0.5) is 0 Å². The van der Waals surface area contributed by atoms with Gasteiger partial charge < -0.3 is 24.6 Å². The summed E-state index contributed by atoms with van der Waals surface area (Å²) in [5.74, 6) is 0.357. The summed E-state index contributed by atoms with van der Waals surface area (Å²) in [4.78, 5) is 34.3. The molecule has 2 N–H and O–H groups in total. The maximum absolute atomic E-state index is 13.9. The van der Waals surface area contributed by atoms with E-state index in [-0.39, 0.29) is 24.9 Å². The molecule has 182 valence electrons. The number of carbonyl (C=O) groups is 2. The summed E-state index contributed by atoms with van der Waals surface area (Å²) in [6, 6.07) is 23.7. The van der Waals surface area contributed by atoms with Crippen LogP contribution in [0.15, 0.2) is 78.9 Å². The number of ether oxygens (including phenoxy) is 1. The normalized spacial score (nSPS) is 20.3. The van der Waals surface area contributed by atoms with Gasteiger partial charge in [-0.3, -0.25) is 9.59 Å². The zero-order chi connectivity index (χ0) is 24.8. The molecule has 3 aromatic carbocycles. The number of aliphatic hydroxyl groups excluding tert-OH is 1. The topological polar surface area (TPSA) is 85.9 Å².